The van der Waals surface area contributed by atoms with E-state index in [9.17, 15) is 9.59 Å². The molecule has 0 bridgehead atoms. The zero-order valence-electron chi connectivity index (χ0n) is 14.2. The van der Waals surface area contributed by atoms with Crippen LogP contribution in [0.3, 0.4) is 0 Å². The molecule has 3 amide bonds. The summed E-state index contributed by atoms with van der Waals surface area (Å²) in [6.45, 7) is 4.13. The van der Waals surface area contributed by atoms with Gasteiger partial charge in [-0.1, -0.05) is 61.8 Å². The van der Waals surface area contributed by atoms with Crippen LogP contribution in [0.15, 0.2) is 48.5 Å². The zero-order chi connectivity index (χ0) is 18.2. The minimum absolute atomic E-state index is 0.292. The monoisotopic (exact) mass is 360 g/mol. The third kappa shape index (κ3) is 6.12. The molecule has 2 aromatic rings. The number of rotatable bonds is 6. The second kappa shape index (κ2) is 9.08. The van der Waals surface area contributed by atoms with Crippen molar-refractivity contribution >= 4 is 23.5 Å². The summed E-state index contributed by atoms with van der Waals surface area (Å²) in [5.74, 6) is 0.155. The van der Waals surface area contributed by atoms with Gasteiger partial charge in [0.05, 0.1) is 5.02 Å². The number of hydrogen-bond acceptors (Lipinski definition) is 3. The van der Waals surface area contributed by atoms with Crippen molar-refractivity contribution in [2.45, 2.75) is 13.8 Å². The quantitative estimate of drug-likeness (QED) is 0.821. The summed E-state index contributed by atoms with van der Waals surface area (Å²) in [6.07, 6.45) is 0. The Bertz CT molecular complexity index is 733. The molecular weight excluding hydrogens is 340 g/mol. The predicted octanol–water partition coefficient (Wildman–Crippen LogP) is 3.87. The number of halogens is 1. The van der Waals surface area contributed by atoms with Crippen LogP contribution in [-0.4, -0.2) is 25.1 Å². The van der Waals surface area contributed by atoms with E-state index in [1.54, 1.807) is 12.1 Å². The second-order valence-electron chi connectivity index (χ2n) is 5.95. The Labute approximate surface area is 152 Å². The maximum Gasteiger partial charge on any atom is 0.321 e. The van der Waals surface area contributed by atoms with Crippen LogP contribution in [0.1, 0.15) is 13.8 Å². The number of carbonyl (C=O) groups excluding carboxylic acids is 2. The Kier molecular flexibility index (Phi) is 6.83. The maximum absolute atomic E-state index is 11.7. The second-order valence-corrected chi connectivity index (χ2v) is 6.36. The summed E-state index contributed by atoms with van der Waals surface area (Å²) in [4.78, 5) is 23.2. The number of carbonyl (C=O) groups is 2. The number of amides is 3. The minimum Gasteiger partial charge on any atom is -0.482 e. The third-order valence-electron chi connectivity index (χ3n) is 3.32. The average molecular weight is 361 g/mol. The van der Waals surface area contributed by atoms with Crippen molar-refractivity contribution in [2.75, 3.05) is 13.2 Å². The fraction of sp³-hybridized carbons (Fsp3) is 0.263. The smallest absolute Gasteiger partial charge is 0.321 e. The molecule has 0 saturated carbocycles. The van der Waals surface area contributed by atoms with Crippen LogP contribution in [0.4, 0.5) is 4.79 Å². The lowest BCUT2D eigenvalue weighted by molar-refractivity contribution is -0.122. The zero-order valence-corrected chi connectivity index (χ0v) is 15.0. The highest BCUT2D eigenvalue weighted by molar-refractivity contribution is 6.32. The molecule has 2 aromatic carbocycles. The molecule has 0 spiro atoms. The van der Waals surface area contributed by atoms with Crippen molar-refractivity contribution in [3.05, 3.63) is 53.6 Å². The molecule has 5 nitrogen and oxygen atoms in total. The highest BCUT2D eigenvalue weighted by atomic mass is 35.5. The molecule has 2 rings (SSSR count). The fourth-order valence-electron chi connectivity index (χ4n) is 2.08. The first-order valence-electron chi connectivity index (χ1n) is 8.01. The summed E-state index contributed by atoms with van der Waals surface area (Å²) in [6, 6.07) is 14.6. The first-order valence-corrected chi connectivity index (χ1v) is 8.39. The van der Waals surface area contributed by atoms with Crippen LogP contribution in [-0.2, 0) is 4.79 Å². The summed E-state index contributed by atoms with van der Waals surface area (Å²) >= 11 is 6.22. The Hall–Kier alpha value is -2.53. The predicted molar refractivity (Wildman–Crippen MR) is 98.8 cm³/mol. The molecule has 0 aliphatic heterocycles. The molecule has 0 aromatic heterocycles. The minimum atomic E-state index is -0.538. The van der Waals surface area contributed by atoms with E-state index in [2.05, 4.69) is 10.6 Å². The van der Waals surface area contributed by atoms with Gasteiger partial charge < -0.3 is 10.1 Å². The highest BCUT2D eigenvalue weighted by Crippen LogP contribution is 2.30. The molecular formula is C19H21ClN2O3. The van der Waals surface area contributed by atoms with Gasteiger partial charge in [-0.25, -0.2) is 4.79 Å². The van der Waals surface area contributed by atoms with E-state index in [0.717, 1.165) is 11.1 Å². The molecule has 25 heavy (non-hydrogen) atoms. The molecule has 0 radical (unpaired) electrons. The van der Waals surface area contributed by atoms with E-state index in [0.29, 0.717) is 23.2 Å². The molecule has 0 heterocycles. The van der Waals surface area contributed by atoms with Gasteiger partial charge in [0.1, 0.15) is 5.75 Å². The number of hydrogen-bond donors (Lipinski definition) is 2. The highest BCUT2D eigenvalue weighted by Gasteiger charge is 2.10. The first kappa shape index (κ1) is 18.8. The van der Waals surface area contributed by atoms with E-state index in [-0.39, 0.29) is 6.61 Å². The van der Waals surface area contributed by atoms with Gasteiger partial charge in [-0.2, -0.15) is 0 Å². The summed E-state index contributed by atoms with van der Waals surface area (Å²) in [7, 11) is 0. The Morgan fingerprint density at radius 1 is 1.08 bits per heavy atom. The summed E-state index contributed by atoms with van der Waals surface area (Å²) in [5.41, 5.74) is 1.99. The lowest BCUT2D eigenvalue weighted by Crippen LogP contribution is -2.42. The van der Waals surface area contributed by atoms with Crippen LogP contribution < -0.4 is 15.4 Å². The molecule has 6 heteroatoms. The van der Waals surface area contributed by atoms with E-state index in [4.69, 9.17) is 16.3 Å². The molecule has 2 N–H and O–H groups in total. The molecule has 0 atom stereocenters. The van der Waals surface area contributed by atoms with Gasteiger partial charge in [-0.05, 0) is 29.2 Å². The van der Waals surface area contributed by atoms with Crippen LogP contribution in [0, 0.1) is 5.92 Å². The molecule has 0 saturated heterocycles. The molecule has 0 aliphatic rings. The Balaban J connectivity index is 1.88. The van der Waals surface area contributed by atoms with Crippen LogP contribution in [0.2, 0.25) is 5.02 Å². The van der Waals surface area contributed by atoms with Crippen molar-refractivity contribution in [1.82, 2.24) is 10.6 Å². The molecule has 132 valence electrons. The topological polar surface area (TPSA) is 67.4 Å². The standard InChI is InChI=1S/C19H21ClN2O3/c1-13(2)11-21-19(24)22-18(23)12-25-17-9-8-15(10-16(17)20)14-6-4-3-5-7-14/h3-10,13H,11-12H2,1-2H3,(H2,21,22,23,24). The van der Waals surface area contributed by atoms with Crippen LogP contribution in [0.25, 0.3) is 11.1 Å². The van der Waals surface area contributed by atoms with Crippen molar-refractivity contribution in [2.24, 2.45) is 5.92 Å². The SMILES string of the molecule is CC(C)CNC(=O)NC(=O)COc1ccc(-c2ccccc2)cc1Cl. The van der Waals surface area contributed by atoms with Crippen molar-refractivity contribution in [3.63, 3.8) is 0 Å². The van der Waals surface area contributed by atoms with Crippen molar-refractivity contribution < 1.29 is 14.3 Å². The average Bonchev–Trinajstić information content (AvgIpc) is 2.59. The van der Waals surface area contributed by atoms with Gasteiger partial charge in [-0.3, -0.25) is 10.1 Å². The summed E-state index contributed by atoms with van der Waals surface area (Å²) in [5, 5.41) is 5.20. The van der Waals surface area contributed by atoms with Gasteiger partial charge in [0.25, 0.3) is 5.91 Å². The number of urea groups is 1. The van der Waals surface area contributed by atoms with Gasteiger partial charge in [-0.15, -0.1) is 0 Å². The fourth-order valence-corrected chi connectivity index (χ4v) is 2.31. The lowest BCUT2D eigenvalue weighted by atomic mass is 10.1. The molecule has 0 aliphatic carbocycles. The lowest BCUT2D eigenvalue weighted by Gasteiger charge is -2.11. The van der Waals surface area contributed by atoms with Crippen LogP contribution >= 0.6 is 11.6 Å². The molecule has 0 unspecified atom stereocenters. The van der Waals surface area contributed by atoms with Gasteiger partial charge >= 0.3 is 6.03 Å². The third-order valence-corrected chi connectivity index (χ3v) is 3.62. The summed E-state index contributed by atoms with van der Waals surface area (Å²) < 4.78 is 5.39. The number of imide groups is 1. The Morgan fingerprint density at radius 2 is 1.80 bits per heavy atom. The van der Waals surface area contributed by atoms with E-state index < -0.39 is 11.9 Å². The Morgan fingerprint density at radius 3 is 2.44 bits per heavy atom. The van der Waals surface area contributed by atoms with Gasteiger partial charge in [0.2, 0.25) is 0 Å². The van der Waals surface area contributed by atoms with Gasteiger partial charge in [0.15, 0.2) is 6.61 Å². The normalized spacial score (nSPS) is 10.4. The van der Waals surface area contributed by atoms with E-state index in [1.165, 1.54) is 0 Å². The van der Waals surface area contributed by atoms with Gasteiger partial charge in [0, 0.05) is 6.54 Å². The largest absolute Gasteiger partial charge is 0.482 e. The number of nitrogens with one attached hydrogen (secondary N) is 2. The first-order chi connectivity index (χ1) is 12.0. The van der Waals surface area contributed by atoms with Crippen molar-refractivity contribution in [3.8, 4) is 16.9 Å². The molecule has 0 fully saturated rings. The van der Waals surface area contributed by atoms with Crippen LogP contribution in [0.5, 0.6) is 5.75 Å². The number of ether oxygens (including phenoxy) is 1. The van der Waals surface area contributed by atoms with E-state index in [1.807, 2.05) is 50.2 Å². The van der Waals surface area contributed by atoms with Crippen molar-refractivity contribution in [1.29, 1.82) is 0 Å². The maximum atomic E-state index is 11.7. The van der Waals surface area contributed by atoms with E-state index >= 15 is 0 Å². The number of benzene rings is 2.